The Balaban J connectivity index is 1.05. The fourth-order valence-electron chi connectivity index (χ4n) is 17.3. The van der Waals surface area contributed by atoms with Gasteiger partial charge in [0.15, 0.2) is 31.3 Å². The van der Waals surface area contributed by atoms with Gasteiger partial charge in [-0.15, -0.1) is 0 Å². The maximum atomic E-state index is 12.9. The van der Waals surface area contributed by atoms with Crippen LogP contribution in [0, 0.1) is 50.2 Å². The molecular formula is C57H92O27. The summed E-state index contributed by atoms with van der Waals surface area (Å²) in [6, 6.07) is 0. The van der Waals surface area contributed by atoms with E-state index in [1.165, 1.54) is 13.8 Å². The Morgan fingerprint density at radius 1 is 0.583 bits per heavy atom. The topological polar surface area (TPSA) is 430 Å². The van der Waals surface area contributed by atoms with Crippen molar-refractivity contribution in [1.29, 1.82) is 0 Å². The minimum Gasteiger partial charge on any atom is -0.458 e. The molecule has 4 aliphatic heterocycles. The van der Waals surface area contributed by atoms with Gasteiger partial charge in [0, 0.05) is 24.7 Å². The minimum atomic E-state index is -2.02. The Bertz CT molecular complexity index is 2360. The van der Waals surface area contributed by atoms with E-state index in [9.17, 15) is 86.2 Å². The first kappa shape index (κ1) is 66.2. The second-order valence-electron chi connectivity index (χ2n) is 27.3. The van der Waals surface area contributed by atoms with E-state index in [0.29, 0.717) is 38.5 Å². The lowest BCUT2D eigenvalue weighted by molar-refractivity contribution is -0.398. The number of hydrogen-bond acceptors (Lipinski definition) is 27. The van der Waals surface area contributed by atoms with E-state index >= 15 is 0 Å². The van der Waals surface area contributed by atoms with E-state index in [-0.39, 0.29) is 11.8 Å². The molecule has 0 spiro atoms. The lowest BCUT2D eigenvalue weighted by Gasteiger charge is -2.73. The summed E-state index contributed by atoms with van der Waals surface area (Å²) in [5.41, 5.74) is -4.81. The molecule has 0 radical (unpaired) electrons. The Morgan fingerprint density at radius 3 is 1.69 bits per heavy atom. The largest absolute Gasteiger partial charge is 0.458 e. The van der Waals surface area contributed by atoms with Gasteiger partial charge in [0.25, 0.3) is 0 Å². The Labute approximate surface area is 487 Å². The van der Waals surface area contributed by atoms with Gasteiger partial charge in [-0.25, -0.2) is 0 Å². The van der Waals surface area contributed by atoms with Crippen molar-refractivity contribution in [3.8, 4) is 0 Å². The fraction of sp³-hybridized carbons (Fsp3) is 0.930. The molecular weight excluding hydrogens is 1120 g/mol. The minimum absolute atomic E-state index is 0.148. The number of esters is 2. The first-order valence-electron chi connectivity index (χ1n) is 29.4. The molecule has 4 saturated carbocycles. The van der Waals surface area contributed by atoms with Crippen molar-refractivity contribution in [2.24, 2.45) is 50.2 Å². The van der Waals surface area contributed by atoms with Crippen LogP contribution in [-0.4, -0.2) is 269 Å². The summed E-state index contributed by atoms with van der Waals surface area (Å²) in [6.45, 7) is 13.1. The molecule has 27 nitrogen and oxygen atoms in total. The number of carbonyl (C=O) groups is 2. The highest BCUT2D eigenvalue weighted by molar-refractivity contribution is 5.68. The van der Waals surface area contributed by atoms with Gasteiger partial charge in [-0.3, -0.25) is 9.59 Å². The SMILES string of the molecule is CC(=O)O[C@H]1[C@H](OC(C)=O)[C@]2(CO)[C@H](O)[C@H](O)[C@]3(C)C(=CC[C@@H]4[C@@]5(C)CC[C@H](O[C@@H]6O[C@H](CO[C@@H]7OC[C@H](O)[C@H](O)[C@H]7O)[C@@H](O[C@@H]7O[C@H](CO)[C@@H](O)[C@H](O)[C@H]7O)[C@H](O)[C@H]6O[C@@H]6O[C@H](CO)[C@@H](O)[C@H](O)[C@H]6O)C(C)(C)[C@@H]5CC[C@]43C)[C@@H]2CC1(C)C. The van der Waals surface area contributed by atoms with Crippen molar-refractivity contribution >= 4 is 11.9 Å². The van der Waals surface area contributed by atoms with Crippen LogP contribution in [0.2, 0.25) is 0 Å². The summed E-state index contributed by atoms with van der Waals surface area (Å²) in [5.74, 6) is -2.30. The molecule has 0 bridgehead atoms. The third kappa shape index (κ3) is 10.6. The molecule has 0 unspecified atom stereocenters. The molecule has 31 atom stereocenters. The summed E-state index contributed by atoms with van der Waals surface area (Å²) in [7, 11) is 0. The first-order valence-corrected chi connectivity index (χ1v) is 29.4. The third-order valence-electron chi connectivity index (χ3n) is 22.1. The molecule has 0 aromatic rings. The summed E-state index contributed by atoms with van der Waals surface area (Å²) in [6.07, 6.45) is -35.2. The van der Waals surface area contributed by atoms with Crippen molar-refractivity contribution < 1.29 is 134 Å². The molecule has 9 rings (SSSR count). The lowest BCUT2D eigenvalue weighted by Crippen LogP contribution is -2.76. The van der Waals surface area contributed by atoms with Crippen molar-refractivity contribution in [2.75, 3.05) is 33.0 Å². The predicted octanol–water partition coefficient (Wildman–Crippen LogP) is -3.90. The molecule has 4 heterocycles. The average Bonchev–Trinajstić information content (AvgIpc) is 0.674. The molecule has 27 heteroatoms. The molecule has 0 aromatic heterocycles. The molecule has 4 saturated heterocycles. The molecule has 0 amide bonds. The van der Waals surface area contributed by atoms with Crippen LogP contribution < -0.4 is 0 Å². The van der Waals surface area contributed by atoms with Gasteiger partial charge >= 0.3 is 11.9 Å². The Hall–Kier alpha value is -2.24. The van der Waals surface area contributed by atoms with Gasteiger partial charge in [0.05, 0.1) is 56.8 Å². The van der Waals surface area contributed by atoms with Crippen LogP contribution in [0.4, 0.5) is 0 Å². The number of allylic oxidation sites excluding steroid dienone is 1. The van der Waals surface area contributed by atoms with Crippen LogP contribution in [-0.2, 0) is 57.0 Å². The highest BCUT2D eigenvalue weighted by Gasteiger charge is 2.76. The molecule has 5 aliphatic carbocycles. The van der Waals surface area contributed by atoms with Crippen molar-refractivity contribution in [1.82, 2.24) is 0 Å². The van der Waals surface area contributed by atoms with Gasteiger partial charge in [-0.2, -0.15) is 0 Å². The maximum Gasteiger partial charge on any atom is 0.303 e. The van der Waals surface area contributed by atoms with Crippen LogP contribution in [0.3, 0.4) is 0 Å². The van der Waals surface area contributed by atoms with Crippen LogP contribution in [0.5, 0.6) is 0 Å². The van der Waals surface area contributed by atoms with Crippen LogP contribution in [0.25, 0.3) is 0 Å². The zero-order valence-corrected chi connectivity index (χ0v) is 49.1. The number of carbonyl (C=O) groups excluding carboxylic acids is 2. The molecule has 482 valence electrons. The molecule has 84 heavy (non-hydrogen) atoms. The summed E-state index contributed by atoms with van der Waals surface area (Å²) in [5, 5.41) is 167. The average molecular weight is 1210 g/mol. The number of aliphatic hydroxyl groups is 15. The third-order valence-corrected chi connectivity index (χ3v) is 22.1. The number of fused-ring (bicyclic) bond motifs is 7. The van der Waals surface area contributed by atoms with Gasteiger partial charge in [-0.1, -0.05) is 60.1 Å². The molecule has 0 aromatic carbocycles. The fourth-order valence-corrected chi connectivity index (χ4v) is 17.3. The Kier molecular flexibility index (Phi) is 19.1. The van der Waals surface area contributed by atoms with E-state index in [4.69, 9.17) is 47.4 Å². The van der Waals surface area contributed by atoms with E-state index in [1.54, 1.807) is 0 Å². The standard InChI is InChI=1S/C57H92O27/c1-22(61)77-46-47(78-23(2)62)57(21-60)25(16-52(46,3)4)24-10-11-31-54(7)14-13-32(53(5,6)30(54)12-15-55(31,8)56(24,9)44(73)45(57)74)82-51-43(84-50-40(71)37(68)35(66)28(18-59)80-50)41(72)42(83-49-39(70)36(67)34(65)27(17-58)79-49)29(81-51)20-76-48-38(69)33(64)26(63)19-75-48/h10,25-51,58-60,63-74H,11-21H2,1-9H3/t25-,26-,27+,28+,29+,30-,31+,32-,33-,34+,35+,36-,37-,38+,39+,40+,41-,42+,43+,44-,45+,46-,47-,48-,49-,50-,51-,54-,55+,56-,57-/m0/s1. The quantitative estimate of drug-likeness (QED) is 0.0449. The van der Waals surface area contributed by atoms with E-state index in [2.05, 4.69) is 19.9 Å². The van der Waals surface area contributed by atoms with Crippen molar-refractivity contribution in [3.63, 3.8) is 0 Å². The highest BCUT2D eigenvalue weighted by atomic mass is 16.8. The summed E-state index contributed by atoms with van der Waals surface area (Å²) in [4.78, 5) is 25.5. The van der Waals surface area contributed by atoms with Crippen molar-refractivity contribution in [3.05, 3.63) is 11.6 Å². The van der Waals surface area contributed by atoms with Crippen LogP contribution >= 0.6 is 0 Å². The smallest absolute Gasteiger partial charge is 0.303 e. The number of hydrogen-bond donors (Lipinski definition) is 15. The first-order chi connectivity index (χ1) is 39.2. The molecule has 15 N–H and O–H groups in total. The molecule has 9 aliphatic rings. The van der Waals surface area contributed by atoms with E-state index < -0.39 is 231 Å². The second kappa shape index (κ2) is 24.2. The normalized spacial score (nSPS) is 52.6. The van der Waals surface area contributed by atoms with Gasteiger partial charge < -0.3 is 124 Å². The van der Waals surface area contributed by atoms with E-state index in [1.807, 2.05) is 34.6 Å². The molecule has 8 fully saturated rings. The zero-order valence-electron chi connectivity index (χ0n) is 49.1. The van der Waals surface area contributed by atoms with Crippen LogP contribution in [0.1, 0.15) is 101 Å². The Morgan fingerprint density at radius 2 is 1.13 bits per heavy atom. The van der Waals surface area contributed by atoms with Crippen LogP contribution in [0.15, 0.2) is 11.6 Å². The summed E-state index contributed by atoms with van der Waals surface area (Å²) < 4.78 is 60.8. The predicted molar refractivity (Wildman–Crippen MR) is 281 cm³/mol. The second-order valence-corrected chi connectivity index (χ2v) is 27.3. The number of rotatable bonds is 14. The number of aliphatic hydroxyl groups excluding tert-OH is 15. The lowest BCUT2D eigenvalue weighted by atomic mass is 9.32. The zero-order chi connectivity index (χ0) is 61.9. The summed E-state index contributed by atoms with van der Waals surface area (Å²) >= 11 is 0. The maximum absolute atomic E-state index is 12.9. The van der Waals surface area contributed by atoms with Gasteiger partial charge in [0.2, 0.25) is 0 Å². The van der Waals surface area contributed by atoms with Gasteiger partial charge in [-0.05, 0) is 72.5 Å². The highest BCUT2D eigenvalue weighted by Crippen LogP contribution is 2.76. The van der Waals surface area contributed by atoms with Crippen molar-refractivity contribution in [2.45, 2.75) is 248 Å². The van der Waals surface area contributed by atoms with Gasteiger partial charge in [0.1, 0.15) is 97.7 Å². The monoisotopic (exact) mass is 1210 g/mol. The number of ether oxygens (including phenoxy) is 10. The van der Waals surface area contributed by atoms with E-state index in [0.717, 1.165) is 5.57 Å².